The van der Waals surface area contributed by atoms with Gasteiger partial charge in [0.15, 0.2) is 0 Å². The summed E-state index contributed by atoms with van der Waals surface area (Å²) in [5, 5.41) is 5.98. The van der Waals surface area contributed by atoms with Gasteiger partial charge in [-0.2, -0.15) is 0 Å². The molecule has 1 aromatic carbocycles. The van der Waals surface area contributed by atoms with Gasteiger partial charge in [-0.1, -0.05) is 37.3 Å². The Hall–Kier alpha value is -1.18. The van der Waals surface area contributed by atoms with E-state index >= 15 is 0 Å². The highest BCUT2D eigenvalue weighted by Crippen LogP contribution is 2.28. The number of carbonyl (C=O) groups is 1. The van der Waals surface area contributed by atoms with E-state index in [1.165, 1.54) is 0 Å². The van der Waals surface area contributed by atoms with Gasteiger partial charge in [-0.15, -0.1) is 36.2 Å². The fourth-order valence-electron chi connectivity index (χ4n) is 3.15. The average Bonchev–Trinajstić information content (AvgIpc) is 3.24. The highest BCUT2D eigenvalue weighted by molar-refractivity contribution is 7.09. The van der Waals surface area contributed by atoms with Gasteiger partial charge in [-0.25, -0.2) is 4.98 Å². The summed E-state index contributed by atoms with van der Waals surface area (Å²) in [6.07, 6.45) is 2.82. The van der Waals surface area contributed by atoms with Gasteiger partial charge in [0, 0.05) is 18.1 Å². The molecule has 2 unspecified atom stereocenters. The maximum absolute atomic E-state index is 12.6. The number of hydrogen-bond acceptors (Lipinski definition) is 5. The van der Waals surface area contributed by atoms with Crippen LogP contribution in [0.2, 0.25) is 0 Å². The molecular weight excluding hydrogens is 391 g/mol. The third kappa shape index (κ3) is 5.66. The van der Waals surface area contributed by atoms with Crippen molar-refractivity contribution in [3.05, 3.63) is 52.5 Å². The van der Waals surface area contributed by atoms with Crippen molar-refractivity contribution < 1.29 is 4.79 Å². The smallest absolute Gasteiger partial charge is 0.235 e. The van der Waals surface area contributed by atoms with Crippen LogP contribution < -0.4 is 11.1 Å². The molecule has 2 atom stereocenters. The van der Waals surface area contributed by atoms with E-state index in [2.05, 4.69) is 22.1 Å². The van der Waals surface area contributed by atoms with E-state index in [0.29, 0.717) is 13.1 Å². The number of nitrogens with two attached hydrogens (primary N) is 1. The van der Waals surface area contributed by atoms with Gasteiger partial charge in [-0.05, 0) is 30.5 Å². The molecule has 3 rings (SSSR count). The van der Waals surface area contributed by atoms with Crippen LogP contribution in [0.3, 0.4) is 0 Å². The molecule has 0 bridgehead atoms. The lowest BCUT2D eigenvalue weighted by atomic mass is 9.90. The summed E-state index contributed by atoms with van der Waals surface area (Å²) < 4.78 is 0. The van der Waals surface area contributed by atoms with Gasteiger partial charge in [0.2, 0.25) is 5.91 Å². The number of hydrogen-bond donors (Lipinski definition) is 2. The molecule has 1 aliphatic heterocycles. The van der Waals surface area contributed by atoms with E-state index in [1.807, 2.05) is 35.7 Å². The Morgan fingerprint density at radius 3 is 2.69 bits per heavy atom. The summed E-state index contributed by atoms with van der Waals surface area (Å²) in [7, 11) is 0. The second kappa shape index (κ2) is 10.2. The van der Waals surface area contributed by atoms with Crippen molar-refractivity contribution in [2.45, 2.75) is 19.4 Å². The molecule has 0 spiro atoms. The van der Waals surface area contributed by atoms with E-state index in [9.17, 15) is 4.79 Å². The van der Waals surface area contributed by atoms with E-state index in [4.69, 9.17) is 5.73 Å². The number of nitrogens with one attached hydrogen (secondary N) is 1. The van der Waals surface area contributed by atoms with E-state index < -0.39 is 0 Å². The molecule has 2 aromatic rings. The first kappa shape index (κ1) is 22.9. The Morgan fingerprint density at radius 1 is 1.38 bits per heavy atom. The van der Waals surface area contributed by atoms with Crippen LogP contribution in [0.4, 0.5) is 0 Å². The van der Waals surface area contributed by atoms with Crippen molar-refractivity contribution in [2.75, 3.05) is 26.2 Å². The second-order valence-corrected chi connectivity index (χ2v) is 7.68. The van der Waals surface area contributed by atoms with Gasteiger partial charge in [0.1, 0.15) is 11.0 Å². The zero-order valence-corrected chi connectivity index (χ0v) is 17.2. The van der Waals surface area contributed by atoms with Crippen molar-refractivity contribution in [1.82, 2.24) is 15.2 Å². The molecule has 1 aliphatic rings. The Balaban J connectivity index is 0.00000169. The van der Waals surface area contributed by atoms with Crippen LogP contribution in [0.15, 0.2) is 41.9 Å². The monoisotopic (exact) mass is 416 g/mol. The van der Waals surface area contributed by atoms with Crippen molar-refractivity contribution in [3.63, 3.8) is 0 Å². The van der Waals surface area contributed by atoms with Gasteiger partial charge in [-0.3, -0.25) is 9.69 Å². The molecule has 3 N–H and O–H groups in total. The largest absolute Gasteiger partial charge is 0.342 e. The molecule has 0 aliphatic carbocycles. The topological polar surface area (TPSA) is 71.2 Å². The van der Waals surface area contributed by atoms with Crippen molar-refractivity contribution in [1.29, 1.82) is 0 Å². The molecule has 0 radical (unpaired) electrons. The number of amides is 1. The zero-order chi connectivity index (χ0) is 17.0. The van der Waals surface area contributed by atoms with Crippen molar-refractivity contribution in [3.8, 4) is 0 Å². The number of thiazole rings is 1. The normalized spacial score (nSPS) is 20.7. The summed E-state index contributed by atoms with van der Waals surface area (Å²) in [4.78, 5) is 19.1. The highest BCUT2D eigenvalue weighted by Gasteiger charge is 2.33. The first-order chi connectivity index (χ1) is 11.6. The van der Waals surface area contributed by atoms with Crippen LogP contribution >= 0.6 is 36.2 Å². The number of likely N-dealkylation sites (tertiary alicyclic amines) is 1. The molecule has 2 heterocycles. The Bertz CT molecular complexity index is 671. The van der Waals surface area contributed by atoms with Crippen LogP contribution in [0.25, 0.3) is 0 Å². The van der Waals surface area contributed by atoms with Crippen LogP contribution in [-0.2, 0) is 4.79 Å². The molecule has 8 heteroatoms. The number of nitrogens with zero attached hydrogens (tertiary/aromatic N) is 2. The van der Waals surface area contributed by atoms with E-state index in [-0.39, 0.29) is 42.2 Å². The minimum absolute atomic E-state index is 0. The quantitative estimate of drug-likeness (QED) is 0.758. The molecule has 1 aromatic heterocycles. The summed E-state index contributed by atoms with van der Waals surface area (Å²) in [6.45, 7) is 5.06. The van der Waals surface area contributed by atoms with Gasteiger partial charge in [0.25, 0.3) is 0 Å². The molecule has 144 valence electrons. The molecule has 5 nitrogen and oxygen atoms in total. The number of halogens is 2. The van der Waals surface area contributed by atoms with E-state index in [1.54, 1.807) is 17.5 Å². The van der Waals surface area contributed by atoms with Gasteiger partial charge in [0.05, 0.1) is 6.54 Å². The SMILES string of the molecule is CC1(CN)CCN(CC(=O)NC(c2ccccc2)c2nccs2)C1.Cl.Cl. The molecule has 0 saturated carbocycles. The lowest BCUT2D eigenvalue weighted by Gasteiger charge is -2.23. The van der Waals surface area contributed by atoms with Crippen LogP contribution in [-0.4, -0.2) is 42.0 Å². The second-order valence-electron chi connectivity index (χ2n) is 6.76. The maximum Gasteiger partial charge on any atom is 0.235 e. The minimum atomic E-state index is -0.192. The lowest BCUT2D eigenvalue weighted by Crippen LogP contribution is -2.39. The fourth-order valence-corrected chi connectivity index (χ4v) is 3.86. The fraction of sp³-hybridized carbons (Fsp3) is 0.444. The number of benzene rings is 1. The average molecular weight is 417 g/mol. The molecule has 1 saturated heterocycles. The summed E-state index contributed by atoms with van der Waals surface area (Å²) in [5.74, 6) is 0.0281. The third-order valence-electron chi connectivity index (χ3n) is 4.63. The lowest BCUT2D eigenvalue weighted by molar-refractivity contribution is -0.122. The predicted octanol–water partition coefficient (Wildman–Crippen LogP) is 2.86. The maximum atomic E-state index is 12.6. The first-order valence-electron chi connectivity index (χ1n) is 8.26. The molecule has 1 amide bonds. The molecule has 26 heavy (non-hydrogen) atoms. The van der Waals surface area contributed by atoms with Crippen molar-refractivity contribution in [2.24, 2.45) is 11.1 Å². The Labute approximate surface area is 171 Å². The number of carbonyl (C=O) groups excluding carboxylic acids is 1. The summed E-state index contributed by atoms with van der Waals surface area (Å²) in [5.41, 5.74) is 7.03. The standard InChI is InChI=1S/C18H24N4OS.2ClH/c1-18(12-19)7-9-22(13-18)11-15(23)21-16(17-20-8-10-24-17)14-5-3-2-4-6-14;;/h2-6,8,10,16H,7,9,11-13,19H2,1H3,(H,21,23);2*1H. The summed E-state index contributed by atoms with van der Waals surface area (Å²) in [6, 6.07) is 9.79. The Kier molecular flexibility index (Phi) is 9.00. The number of aromatic nitrogens is 1. The Morgan fingerprint density at radius 2 is 2.12 bits per heavy atom. The summed E-state index contributed by atoms with van der Waals surface area (Å²) >= 11 is 1.56. The van der Waals surface area contributed by atoms with Crippen LogP contribution in [0.5, 0.6) is 0 Å². The minimum Gasteiger partial charge on any atom is -0.342 e. The van der Waals surface area contributed by atoms with E-state index in [0.717, 1.165) is 30.1 Å². The van der Waals surface area contributed by atoms with Crippen LogP contribution in [0, 0.1) is 5.41 Å². The molecular formula is C18H26Cl2N4OS. The first-order valence-corrected chi connectivity index (χ1v) is 9.14. The van der Waals surface area contributed by atoms with Gasteiger partial charge >= 0.3 is 0 Å². The highest BCUT2D eigenvalue weighted by atomic mass is 35.5. The van der Waals surface area contributed by atoms with Gasteiger partial charge < -0.3 is 11.1 Å². The predicted molar refractivity (Wildman–Crippen MR) is 111 cm³/mol. The van der Waals surface area contributed by atoms with Crippen LogP contribution in [0.1, 0.15) is 30.0 Å². The zero-order valence-electron chi connectivity index (χ0n) is 14.8. The number of rotatable bonds is 6. The van der Waals surface area contributed by atoms with Crippen molar-refractivity contribution >= 4 is 42.1 Å². The molecule has 1 fully saturated rings. The third-order valence-corrected chi connectivity index (χ3v) is 5.47.